The van der Waals surface area contributed by atoms with Gasteiger partial charge in [-0.1, -0.05) is 36.9 Å². The predicted molar refractivity (Wildman–Crippen MR) is 79.2 cm³/mol. The highest BCUT2D eigenvalue weighted by Crippen LogP contribution is 2.09. The van der Waals surface area contributed by atoms with Crippen molar-refractivity contribution in [2.24, 2.45) is 11.5 Å². The summed E-state index contributed by atoms with van der Waals surface area (Å²) in [6.45, 7) is 8.31. The molecule has 0 fully saturated rings. The SMILES string of the molecule is C=Cc1ccc(CN(CCCN)CCCN)cc1. The summed E-state index contributed by atoms with van der Waals surface area (Å²) < 4.78 is 0. The smallest absolute Gasteiger partial charge is 0.0233 e. The Kier molecular flexibility index (Phi) is 7.34. The van der Waals surface area contributed by atoms with Crippen LogP contribution >= 0.6 is 0 Å². The molecule has 0 saturated carbocycles. The van der Waals surface area contributed by atoms with Gasteiger partial charge in [-0.05, 0) is 50.1 Å². The minimum atomic E-state index is 0.745. The molecular formula is C15H25N3. The van der Waals surface area contributed by atoms with Gasteiger partial charge in [-0.25, -0.2) is 0 Å². The van der Waals surface area contributed by atoms with Gasteiger partial charge >= 0.3 is 0 Å². The van der Waals surface area contributed by atoms with E-state index < -0.39 is 0 Å². The molecule has 1 rings (SSSR count). The van der Waals surface area contributed by atoms with Gasteiger partial charge in [0, 0.05) is 6.54 Å². The molecule has 3 heteroatoms. The van der Waals surface area contributed by atoms with Crippen molar-refractivity contribution in [2.45, 2.75) is 19.4 Å². The van der Waals surface area contributed by atoms with Crippen LogP contribution in [0.4, 0.5) is 0 Å². The first-order valence-electron chi connectivity index (χ1n) is 6.64. The van der Waals surface area contributed by atoms with Crippen molar-refractivity contribution >= 4 is 6.08 Å². The largest absolute Gasteiger partial charge is 0.330 e. The fourth-order valence-corrected chi connectivity index (χ4v) is 1.92. The summed E-state index contributed by atoms with van der Waals surface area (Å²) in [5.74, 6) is 0. The molecule has 0 unspecified atom stereocenters. The summed E-state index contributed by atoms with van der Waals surface area (Å²) in [6, 6.07) is 8.53. The summed E-state index contributed by atoms with van der Waals surface area (Å²) in [6.07, 6.45) is 3.94. The molecule has 4 N–H and O–H groups in total. The van der Waals surface area contributed by atoms with E-state index in [1.165, 1.54) is 5.56 Å². The van der Waals surface area contributed by atoms with E-state index in [0.717, 1.165) is 51.1 Å². The molecule has 0 aliphatic rings. The molecule has 0 aliphatic carbocycles. The second-order valence-electron chi connectivity index (χ2n) is 4.51. The number of hydrogen-bond acceptors (Lipinski definition) is 3. The molecule has 18 heavy (non-hydrogen) atoms. The highest BCUT2D eigenvalue weighted by molar-refractivity contribution is 5.47. The van der Waals surface area contributed by atoms with Crippen LogP contribution in [-0.2, 0) is 6.54 Å². The lowest BCUT2D eigenvalue weighted by atomic mass is 10.1. The van der Waals surface area contributed by atoms with Gasteiger partial charge < -0.3 is 11.5 Å². The fourth-order valence-electron chi connectivity index (χ4n) is 1.92. The van der Waals surface area contributed by atoms with Gasteiger partial charge in [0.05, 0.1) is 0 Å². The molecule has 100 valence electrons. The maximum absolute atomic E-state index is 5.57. The third-order valence-corrected chi connectivity index (χ3v) is 2.98. The van der Waals surface area contributed by atoms with Crippen LogP contribution in [-0.4, -0.2) is 31.1 Å². The number of hydrogen-bond donors (Lipinski definition) is 2. The average molecular weight is 247 g/mol. The van der Waals surface area contributed by atoms with E-state index in [4.69, 9.17) is 11.5 Å². The maximum atomic E-state index is 5.57. The van der Waals surface area contributed by atoms with Gasteiger partial charge in [0.25, 0.3) is 0 Å². The molecule has 0 aromatic heterocycles. The van der Waals surface area contributed by atoms with Crippen LogP contribution in [0.1, 0.15) is 24.0 Å². The Bertz CT molecular complexity index is 324. The first-order chi connectivity index (χ1) is 8.80. The standard InChI is InChI=1S/C15H25N3/c1-2-14-5-7-15(8-6-14)13-18(11-3-9-16)12-4-10-17/h2,5-8H,1,3-4,9-13,16-17H2. The van der Waals surface area contributed by atoms with Crippen molar-refractivity contribution in [1.82, 2.24) is 4.90 Å². The molecule has 1 aromatic rings. The normalized spacial score (nSPS) is 10.8. The van der Waals surface area contributed by atoms with Gasteiger partial charge in [-0.3, -0.25) is 4.90 Å². The molecule has 1 aromatic carbocycles. The average Bonchev–Trinajstić information content (AvgIpc) is 2.42. The van der Waals surface area contributed by atoms with E-state index >= 15 is 0 Å². The van der Waals surface area contributed by atoms with E-state index in [2.05, 4.69) is 35.7 Å². The summed E-state index contributed by atoms with van der Waals surface area (Å²) >= 11 is 0. The van der Waals surface area contributed by atoms with Crippen molar-refractivity contribution in [2.75, 3.05) is 26.2 Å². The van der Waals surface area contributed by atoms with Crippen molar-refractivity contribution in [3.63, 3.8) is 0 Å². The van der Waals surface area contributed by atoms with Gasteiger partial charge in [0.15, 0.2) is 0 Å². The molecule has 0 bridgehead atoms. The lowest BCUT2D eigenvalue weighted by molar-refractivity contribution is 0.262. The molecule has 0 atom stereocenters. The molecule has 3 nitrogen and oxygen atoms in total. The summed E-state index contributed by atoms with van der Waals surface area (Å²) in [5.41, 5.74) is 13.6. The Morgan fingerprint density at radius 1 is 1.00 bits per heavy atom. The minimum absolute atomic E-state index is 0.745. The van der Waals surface area contributed by atoms with E-state index in [1.807, 2.05) is 6.08 Å². The minimum Gasteiger partial charge on any atom is -0.330 e. The predicted octanol–water partition coefficient (Wildman–Crippen LogP) is 1.83. The van der Waals surface area contributed by atoms with Crippen LogP contribution < -0.4 is 11.5 Å². The van der Waals surface area contributed by atoms with Gasteiger partial charge in [0.2, 0.25) is 0 Å². The van der Waals surface area contributed by atoms with Crippen molar-refractivity contribution < 1.29 is 0 Å². The lowest BCUT2D eigenvalue weighted by Crippen LogP contribution is -2.28. The molecule has 0 aliphatic heterocycles. The van der Waals surface area contributed by atoms with Crippen LogP contribution in [0.25, 0.3) is 6.08 Å². The Balaban J connectivity index is 2.53. The highest BCUT2D eigenvalue weighted by atomic mass is 15.1. The molecule has 0 spiro atoms. The summed E-state index contributed by atoms with van der Waals surface area (Å²) in [4.78, 5) is 2.42. The van der Waals surface area contributed by atoms with Crippen LogP contribution in [0.2, 0.25) is 0 Å². The van der Waals surface area contributed by atoms with Crippen molar-refractivity contribution in [3.8, 4) is 0 Å². The van der Waals surface area contributed by atoms with E-state index in [-0.39, 0.29) is 0 Å². The third kappa shape index (κ3) is 5.45. The Labute approximate surface area is 110 Å². The molecule has 0 amide bonds. The fraction of sp³-hybridized carbons (Fsp3) is 0.467. The topological polar surface area (TPSA) is 55.3 Å². The second-order valence-corrected chi connectivity index (χ2v) is 4.51. The zero-order chi connectivity index (χ0) is 13.2. The van der Waals surface area contributed by atoms with Crippen molar-refractivity contribution in [3.05, 3.63) is 42.0 Å². The number of nitrogens with zero attached hydrogens (tertiary/aromatic N) is 1. The first kappa shape index (κ1) is 14.9. The number of rotatable bonds is 9. The second kappa shape index (κ2) is 8.86. The van der Waals surface area contributed by atoms with Gasteiger partial charge in [-0.15, -0.1) is 0 Å². The van der Waals surface area contributed by atoms with Crippen LogP contribution in [0, 0.1) is 0 Å². The lowest BCUT2D eigenvalue weighted by Gasteiger charge is -2.22. The van der Waals surface area contributed by atoms with Crippen LogP contribution in [0.3, 0.4) is 0 Å². The third-order valence-electron chi connectivity index (χ3n) is 2.98. The molecule has 0 heterocycles. The Morgan fingerprint density at radius 3 is 2.00 bits per heavy atom. The highest BCUT2D eigenvalue weighted by Gasteiger charge is 2.04. The molecular weight excluding hydrogens is 222 g/mol. The van der Waals surface area contributed by atoms with Gasteiger partial charge in [0.1, 0.15) is 0 Å². The number of benzene rings is 1. The van der Waals surface area contributed by atoms with Crippen molar-refractivity contribution in [1.29, 1.82) is 0 Å². The Hall–Kier alpha value is -1.16. The zero-order valence-corrected chi connectivity index (χ0v) is 11.1. The molecule has 0 saturated heterocycles. The van der Waals surface area contributed by atoms with E-state index in [0.29, 0.717) is 0 Å². The number of nitrogens with two attached hydrogens (primary N) is 2. The summed E-state index contributed by atoms with van der Waals surface area (Å²) in [7, 11) is 0. The first-order valence-corrected chi connectivity index (χ1v) is 6.64. The van der Waals surface area contributed by atoms with E-state index in [1.54, 1.807) is 0 Å². The van der Waals surface area contributed by atoms with Crippen LogP contribution in [0.5, 0.6) is 0 Å². The van der Waals surface area contributed by atoms with Crippen LogP contribution in [0.15, 0.2) is 30.8 Å². The quantitative estimate of drug-likeness (QED) is 0.700. The Morgan fingerprint density at radius 2 is 1.56 bits per heavy atom. The molecule has 0 radical (unpaired) electrons. The summed E-state index contributed by atoms with van der Waals surface area (Å²) in [5, 5.41) is 0. The monoisotopic (exact) mass is 247 g/mol. The van der Waals surface area contributed by atoms with Gasteiger partial charge in [-0.2, -0.15) is 0 Å². The van der Waals surface area contributed by atoms with E-state index in [9.17, 15) is 0 Å². The zero-order valence-electron chi connectivity index (χ0n) is 11.1. The maximum Gasteiger partial charge on any atom is 0.0233 e.